The van der Waals surface area contributed by atoms with Crippen LogP contribution in [-0.4, -0.2) is 64.6 Å². The quantitative estimate of drug-likeness (QED) is 0.0363. The summed E-state index contributed by atoms with van der Waals surface area (Å²) in [6, 6.07) is 0. The van der Waals surface area contributed by atoms with E-state index in [9.17, 15) is 9.59 Å². The minimum atomic E-state index is 0.0142. The average molecular weight is 1070 g/mol. The van der Waals surface area contributed by atoms with Crippen LogP contribution in [0.3, 0.4) is 0 Å². The highest BCUT2D eigenvalue weighted by atomic mass is 16.5. The zero-order chi connectivity index (χ0) is 55.3. The third kappa shape index (κ3) is 22.8. The van der Waals surface area contributed by atoms with Crippen molar-refractivity contribution in [1.82, 2.24) is 19.9 Å². The maximum Gasteiger partial charge on any atom is 0.306 e. The van der Waals surface area contributed by atoms with Gasteiger partial charge in [0.05, 0.1) is 0 Å². The normalized spacial score (nSPS) is 24.8. The summed E-state index contributed by atoms with van der Waals surface area (Å²) in [5, 5.41) is 0. The molecule has 0 aromatic carbocycles. The molecule has 0 spiro atoms. The van der Waals surface area contributed by atoms with Crippen LogP contribution in [-0.2, 0) is 38.3 Å². The first kappa shape index (κ1) is 65.5. The third-order valence-corrected chi connectivity index (χ3v) is 20.2. The fourth-order valence-electron chi connectivity index (χ4n) is 15.5. The van der Waals surface area contributed by atoms with E-state index >= 15 is 0 Å². The Morgan fingerprint density at radius 3 is 1.70 bits per heavy atom. The van der Waals surface area contributed by atoms with Crippen LogP contribution in [0.1, 0.15) is 316 Å². The van der Waals surface area contributed by atoms with Crippen LogP contribution < -0.4 is 0 Å². The molecule has 1 aromatic rings. The van der Waals surface area contributed by atoms with Gasteiger partial charge in [-0.2, -0.15) is 0 Å². The van der Waals surface area contributed by atoms with Crippen molar-refractivity contribution < 1.29 is 19.1 Å². The van der Waals surface area contributed by atoms with Gasteiger partial charge in [-0.1, -0.05) is 182 Å². The Morgan fingerprint density at radius 2 is 1.12 bits per heavy atom. The van der Waals surface area contributed by atoms with Gasteiger partial charge in [0.25, 0.3) is 0 Å². The topological polar surface area (TPSA) is 94.5 Å². The summed E-state index contributed by atoms with van der Waals surface area (Å²) in [6.07, 6.45) is 51.0. The summed E-state index contributed by atoms with van der Waals surface area (Å²) in [5.41, 5.74) is 2.43. The second-order valence-corrected chi connectivity index (χ2v) is 27.2. The number of nitrogens with zero attached hydrogens (tertiary/aromatic N) is 4. The number of carbonyl (C=O) groups excluding carboxylic acids is 2. The lowest BCUT2D eigenvalue weighted by atomic mass is 9.47. The fraction of sp³-hybridized carbons (Fsp3) is 0.899. The molecule has 77 heavy (non-hydrogen) atoms. The van der Waals surface area contributed by atoms with Gasteiger partial charge in [0, 0.05) is 38.5 Å². The van der Waals surface area contributed by atoms with E-state index in [1.165, 1.54) is 141 Å². The van der Waals surface area contributed by atoms with Crippen molar-refractivity contribution in [1.29, 1.82) is 0 Å². The molecule has 3 fully saturated rings. The van der Waals surface area contributed by atoms with Crippen molar-refractivity contribution in [3.63, 3.8) is 0 Å². The molecule has 1 aromatic heterocycles. The Hall–Kier alpha value is -2.35. The molecule has 0 radical (unpaired) electrons. The maximum absolute atomic E-state index is 13.2. The third-order valence-electron chi connectivity index (χ3n) is 20.2. The van der Waals surface area contributed by atoms with Gasteiger partial charge in [-0.05, 0) is 176 Å². The Labute approximate surface area is 475 Å². The molecule has 8 heteroatoms. The molecule has 1 heterocycles. The first-order chi connectivity index (χ1) is 37.2. The van der Waals surface area contributed by atoms with E-state index in [1.807, 2.05) is 0 Å². The van der Waals surface area contributed by atoms with Crippen LogP contribution in [0.4, 0.5) is 0 Å². The molecule has 9 unspecified atom stereocenters. The van der Waals surface area contributed by atoms with E-state index in [4.69, 9.17) is 24.4 Å². The number of aryl methyl sites for hydroxylation is 3. The van der Waals surface area contributed by atoms with E-state index in [1.54, 1.807) is 5.57 Å². The van der Waals surface area contributed by atoms with E-state index < -0.39 is 0 Å². The van der Waals surface area contributed by atoms with Crippen molar-refractivity contribution in [2.45, 2.75) is 330 Å². The van der Waals surface area contributed by atoms with Gasteiger partial charge < -0.3 is 14.4 Å². The van der Waals surface area contributed by atoms with Crippen LogP contribution >= 0.6 is 0 Å². The molecule has 4 aliphatic rings. The number of fused-ring (bicyclic) bond motifs is 5. The molecule has 9 atom stereocenters. The largest absolute Gasteiger partial charge is 0.462 e. The van der Waals surface area contributed by atoms with E-state index in [2.05, 4.69) is 73.5 Å². The van der Waals surface area contributed by atoms with Gasteiger partial charge in [-0.3, -0.25) is 9.59 Å². The molecule has 4 aliphatic carbocycles. The minimum absolute atomic E-state index is 0.0142. The van der Waals surface area contributed by atoms with Gasteiger partial charge in [-0.25, -0.2) is 15.0 Å². The first-order valence-electron chi connectivity index (χ1n) is 33.7. The highest BCUT2D eigenvalue weighted by Crippen LogP contribution is 2.67. The van der Waals surface area contributed by atoms with Crippen molar-refractivity contribution in [2.24, 2.45) is 46.3 Å². The van der Waals surface area contributed by atoms with Gasteiger partial charge in [0.1, 0.15) is 29.7 Å². The molecule has 0 aliphatic heterocycles. The molecular formula is C69H122N4O4. The molecule has 8 nitrogen and oxygen atoms in total. The number of allylic oxidation sites excluding steroid dienone is 1. The van der Waals surface area contributed by atoms with Crippen molar-refractivity contribution in [3.05, 3.63) is 29.1 Å². The lowest BCUT2D eigenvalue weighted by molar-refractivity contribution is -0.152. The summed E-state index contributed by atoms with van der Waals surface area (Å²) in [5.74, 6) is 8.03. The summed E-state index contributed by atoms with van der Waals surface area (Å²) in [7, 11) is 4.30. The van der Waals surface area contributed by atoms with Crippen molar-refractivity contribution >= 4 is 11.9 Å². The molecule has 442 valence electrons. The SMILES string of the molecule is CCCCCCCCC(CCCCCC)OC(=O)CCCCCCCCc1nc(CCCCCCCC(=O)OC2CCC3(C)C(=CCC4C3CCC3(C)C(C(C)CCCC(C)C)CCC43)C2)nc(CCCCCN(C)C)n1. The molecule has 0 N–H and O–H groups in total. The number of hydrogen-bond donors (Lipinski definition) is 0. The van der Waals surface area contributed by atoms with Crippen LogP contribution in [0, 0.1) is 46.3 Å². The lowest BCUT2D eigenvalue weighted by Crippen LogP contribution is -2.51. The maximum atomic E-state index is 13.2. The smallest absolute Gasteiger partial charge is 0.306 e. The summed E-state index contributed by atoms with van der Waals surface area (Å²) in [4.78, 5) is 43.3. The molecule has 0 bridgehead atoms. The number of esters is 2. The van der Waals surface area contributed by atoms with Gasteiger partial charge in [-0.15, -0.1) is 0 Å². The molecule has 5 rings (SSSR count). The Balaban J connectivity index is 0.963. The Kier molecular flexibility index (Phi) is 30.8. The second-order valence-electron chi connectivity index (χ2n) is 27.2. The Morgan fingerprint density at radius 1 is 0.584 bits per heavy atom. The molecule has 0 amide bonds. The number of rotatable bonds is 42. The molecule has 3 saturated carbocycles. The number of carbonyl (C=O) groups is 2. The monoisotopic (exact) mass is 1070 g/mol. The van der Waals surface area contributed by atoms with Crippen LogP contribution in [0.25, 0.3) is 0 Å². The van der Waals surface area contributed by atoms with E-state index in [-0.39, 0.29) is 29.6 Å². The van der Waals surface area contributed by atoms with E-state index in [0.29, 0.717) is 18.3 Å². The van der Waals surface area contributed by atoms with Crippen LogP contribution in [0.5, 0.6) is 0 Å². The van der Waals surface area contributed by atoms with Crippen LogP contribution in [0.15, 0.2) is 11.6 Å². The number of ether oxygens (including phenoxy) is 2. The van der Waals surface area contributed by atoms with Crippen LogP contribution in [0.2, 0.25) is 0 Å². The van der Waals surface area contributed by atoms with E-state index in [0.717, 1.165) is 175 Å². The predicted octanol–water partition coefficient (Wildman–Crippen LogP) is 18.9. The summed E-state index contributed by atoms with van der Waals surface area (Å²) >= 11 is 0. The standard InChI is InChI=1S/C69H122N4O4/c1-10-12-14-16-20-27-38-57(37-26-15-13-11-2)76-66(74)42-31-23-18-17-21-28-39-63-70-64(72-65(71-63)41-30-25-33-52-73(8)9)40-29-22-19-24-32-43-67(75)77-58-48-50-68(6)56(53-58)44-45-59-61-47-46-60(55(5)36-34-35-54(3)4)69(61,7)51-49-62(59)68/h44,54-55,57-62H,10-43,45-53H2,1-9H3. The molecule has 0 saturated heterocycles. The average Bonchev–Trinajstić information content (AvgIpc) is 3.83. The Bertz CT molecular complexity index is 1810. The first-order valence-corrected chi connectivity index (χ1v) is 33.7. The van der Waals surface area contributed by atoms with Crippen molar-refractivity contribution in [2.75, 3.05) is 20.6 Å². The lowest BCUT2D eigenvalue weighted by Gasteiger charge is -2.58. The zero-order valence-electron chi connectivity index (χ0n) is 52.0. The number of hydrogen-bond acceptors (Lipinski definition) is 8. The predicted molar refractivity (Wildman–Crippen MR) is 323 cm³/mol. The van der Waals surface area contributed by atoms with Gasteiger partial charge >= 0.3 is 11.9 Å². The zero-order valence-corrected chi connectivity index (χ0v) is 52.0. The second kappa shape index (κ2) is 36.2. The van der Waals surface area contributed by atoms with Gasteiger partial charge in [0.2, 0.25) is 0 Å². The highest BCUT2D eigenvalue weighted by Gasteiger charge is 2.59. The summed E-state index contributed by atoms with van der Waals surface area (Å²) in [6.45, 7) is 18.3. The van der Waals surface area contributed by atoms with Gasteiger partial charge in [0.15, 0.2) is 0 Å². The number of aromatic nitrogens is 3. The molecular weight excluding hydrogens is 949 g/mol. The fourth-order valence-corrected chi connectivity index (χ4v) is 15.5. The number of unbranched alkanes of at least 4 members (excludes halogenated alkanes) is 19. The minimum Gasteiger partial charge on any atom is -0.462 e. The highest BCUT2D eigenvalue weighted by molar-refractivity contribution is 5.69. The van der Waals surface area contributed by atoms with Crippen molar-refractivity contribution in [3.8, 4) is 0 Å². The summed E-state index contributed by atoms with van der Waals surface area (Å²) < 4.78 is 12.3.